The van der Waals surface area contributed by atoms with E-state index in [0.717, 1.165) is 4.70 Å². The lowest BCUT2D eigenvalue weighted by atomic mass is 9.95. The molecule has 1 unspecified atom stereocenters. The van der Waals surface area contributed by atoms with Crippen molar-refractivity contribution in [3.05, 3.63) is 73.9 Å². The number of Topliss-reactive ketones (excluding diaryl/α,β-unsaturated/α-hetero) is 1. The van der Waals surface area contributed by atoms with Crippen LogP contribution in [0.25, 0.3) is 10.2 Å². The van der Waals surface area contributed by atoms with Gasteiger partial charge in [0.2, 0.25) is 5.78 Å². The molecule has 37 heavy (non-hydrogen) atoms. The van der Waals surface area contributed by atoms with Crippen LogP contribution in [0, 0.1) is 13.8 Å². The average molecular weight is 556 g/mol. The molecule has 3 heterocycles. The van der Waals surface area contributed by atoms with Crippen molar-refractivity contribution in [3.8, 4) is 11.5 Å². The highest BCUT2D eigenvalue weighted by molar-refractivity contribution is 7.22. The fourth-order valence-electron chi connectivity index (χ4n) is 4.33. The number of benzene rings is 2. The number of rotatable bonds is 7. The zero-order valence-corrected chi connectivity index (χ0v) is 22.8. The molecule has 0 saturated carbocycles. The number of ketones is 1. The smallest absolute Gasteiger partial charge is 0.296 e. The Morgan fingerprint density at radius 3 is 2.59 bits per heavy atom. The molecule has 190 valence electrons. The molecule has 0 fully saturated rings. The Balaban J connectivity index is 1.70. The Morgan fingerprint density at radius 1 is 1.14 bits per heavy atom. The van der Waals surface area contributed by atoms with Crippen LogP contribution in [0.15, 0.2) is 47.7 Å². The minimum Gasteiger partial charge on any atom is -0.503 e. The van der Waals surface area contributed by atoms with Crippen LogP contribution in [0.5, 0.6) is 11.5 Å². The number of hydrogen-bond donors (Lipinski definition) is 1. The monoisotopic (exact) mass is 555 g/mol. The number of halogens is 1. The van der Waals surface area contributed by atoms with Gasteiger partial charge in [0.15, 0.2) is 22.4 Å². The third-order valence-corrected chi connectivity index (χ3v) is 8.24. The van der Waals surface area contributed by atoms with Crippen LogP contribution in [0.4, 0.5) is 5.13 Å². The maximum Gasteiger partial charge on any atom is 0.296 e. The third-order valence-electron chi connectivity index (χ3n) is 5.91. The van der Waals surface area contributed by atoms with Crippen LogP contribution in [-0.4, -0.2) is 40.5 Å². The summed E-state index contributed by atoms with van der Waals surface area (Å²) in [4.78, 5) is 38.0. The van der Waals surface area contributed by atoms with Crippen LogP contribution < -0.4 is 14.4 Å². The Morgan fingerprint density at radius 2 is 1.92 bits per heavy atom. The maximum absolute atomic E-state index is 13.8. The van der Waals surface area contributed by atoms with E-state index in [0.29, 0.717) is 54.9 Å². The topological polar surface area (TPSA) is 102 Å². The van der Waals surface area contributed by atoms with Crippen molar-refractivity contribution in [2.45, 2.75) is 26.8 Å². The quantitative estimate of drug-likeness (QED) is 0.270. The van der Waals surface area contributed by atoms with E-state index in [4.69, 9.17) is 21.1 Å². The number of amides is 1. The van der Waals surface area contributed by atoms with E-state index in [9.17, 15) is 14.7 Å². The number of hydrogen-bond acceptors (Lipinski definition) is 9. The molecule has 5 rings (SSSR count). The lowest BCUT2D eigenvalue weighted by Crippen LogP contribution is -2.31. The minimum atomic E-state index is -0.956. The molecule has 1 atom stereocenters. The van der Waals surface area contributed by atoms with E-state index < -0.39 is 23.5 Å². The minimum absolute atomic E-state index is 0.0414. The zero-order valence-electron chi connectivity index (χ0n) is 20.4. The normalized spacial score (nSPS) is 15.6. The van der Waals surface area contributed by atoms with Gasteiger partial charge in [-0.2, -0.15) is 0 Å². The summed E-state index contributed by atoms with van der Waals surface area (Å²) in [5, 5.41) is 12.7. The van der Waals surface area contributed by atoms with Gasteiger partial charge in [-0.25, -0.2) is 9.97 Å². The molecule has 0 saturated heterocycles. The molecular formula is C26H22ClN3O5S2. The first-order valence-corrected chi connectivity index (χ1v) is 13.4. The van der Waals surface area contributed by atoms with Crippen LogP contribution >= 0.6 is 34.3 Å². The largest absolute Gasteiger partial charge is 0.503 e. The fourth-order valence-corrected chi connectivity index (χ4v) is 6.47. The van der Waals surface area contributed by atoms with Crippen molar-refractivity contribution in [3.63, 3.8) is 0 Å². The van der Waals surface area contributed by atoms with Crippen molar-refractivity contribution >= 4 is 61.3 Å². The first-order valence-electron chi connectivity index (χ1n) is 11.4. The van der Waals surface area contributed by atoms with Gasteiger partial charge in [0.1, 0.15) is 0 Å². The van der Waals surface area contributed by atoms with Crippen LogP contribution in [0.1, 0.15) is 38.9 Å². The number of ether oxygens (including phenoxy) is 2. The molecule has 1 aliphatic rings. The van der Waals surface area contributed by atoms with Crippen molar-refractivity contribution in [2.24, 2.45) is 0 Å². The first kappa shape index (κ1) is 25.2. The Kier molecular flexibility index (Phi) is 6.65. The summed E-state index contributed by atoms with van der Waals surface area (Å²) in [6.07, 6.45) is 0. The molecule has 2 aromatic carbocycles. The Hall–Kier alpha value is -3.47. The van der Waals surface area contributed by atoms with Gasteiger partial charge in [-0.1, -0.05) is 29.0 Å². The van der Waals surface area contributed by atoms with E-state index in [1.54, 1.807) is 50.2 Å². The summed E-state index contributed by atoms with van der Waals surface area (Å²) in [6, 6.07) is 9.45. The number of carbonyl (C=O) groups excluding carboxylic acids is 2. The molecule has 2 aromatic heterocycles. The molecule has 0 aliphatic carbocycles. The van der Waals surface area contributed by atoms with Gasteiger partial charge >= 0.3 is 0 Å². The zero-order chi connectivity index (χ0) is 26.4. The number of methoxy groups -OCH3 is 1. The highest BCUT2D eigenvalue weighted by Gasteiger charge is 2.46. The summed E-state index contributed by atoms with van der Waals surface area (Å²) in [6.45, 7) is 5.83. The molecule has 0 bridgehead atoms. The Bertz CT molecular complexity index is 1590. The molecule has 0 spiro atoms. The molecule has 8 nitrogen and oxygen atoms in total. The number of aliphatic hydroxyl groups excluding tert-OH is 1. The molecule has 0 radical (unpaired) electrons. The number of carbonyl (C=O) groups is 2. The van der Waals surface area contributed by atoms with Gasteiger partial charge in [-0.15, -0.1) is 11.3 Å². The van der Waals surface area contributed by atoms with Crippen molar-refractivity contribution in [1.82, 2.24) is 9.97 Å². The number of aryl methyl sites for hydroxylation is 2. The number of aliphatic hydroxyl groups is 1. The van der Waals surface area contributed by atoms with Gasteiger partial charge in [0.25, 0.3) is 5.91 Å². The van der Waals surface area contributed by atoms with Gasteiger partial charge in [-0.05, 0) is 56.7 Å². The van der Waals surface area contributed by atoms with Crippen molar-refractivity contribution in [2.75, 3.05) is 18.6 Å². The van der Waals surface area contributed by atoms with Crippen molar-refractivity contribution < 1.29 is 24.2 Å². The van der Waals surface area contributed by atoms with Gasteiger partial charge in [0, 0.05) is 5.02 Å². The molecular weight excluding hydrogens is 534 g/mol. The van der Waals surface area contributed by atoms with Crippen LogP contribution in [0.2, 0.25) is 5.02 Å². The summed E-state index contributed by atoms with van der Waals surface area (Å²) >= 11 is 8.63. The van der Waals surface area contributed by atoms with Gasteiger partial charge < -0.3 is 14.6 Å². The number of anilines is 1. The van der Waals surface area contributed by atoms with Crippen molar-refractivity contribution in [1.29, 1.82) is 0 Å². The number of fused-ring (bicyclic) bond motifs is 1. The predicted molar refractivity (Wildman–Crippen MR) is 145 cm³/mol. The summed E-state index contributed by atoms with van der Waals surface area (Å²) in [7, 11) is 1.51. The van der Waals surface area contributed by atoms with Gasteiger partial charge in [0.05, 0.1) is 51.1 Å². The van der Waals surface area contributed by atoms with E-state index in [1.165, 1.54) is 34.7 Å². The van der Waals surface area contributed by atoms with E-state index in [2.05, 4.69) is 9.97 Å². The SMILES string of the molecule is CCOc1ccc(C2C(C(=O)c3sc(C)nc3C)=C(O)C(=O)N2c2nc3ccc(Cl)cc3s2)cc1OC. The molecule has 1 amide bonds. The Labute approximate surface area is 225 Å². The number of aromatic nitrogens is 2. The van der Waals surface area contributed by atoms with Crippen LogP contribution in [-0.2, 0) is 4.79 Å². The van der Waals surface area contributed by atoms with E-state index in [-0.39, 0.29) is 5.57 Å². The molecule has 11 heteroatoms. The summed E-state index contributed by atoms with van der Waals surface area (Å²) in [5.74, 6) is -0.839. The second kappa shape index (κ2) is 9.77. The molecule has 1 aliphatic heterocycles. The maximum atomic E-state index is 13.8. The first-order chi connectivity index (χ1) is 17.7. The second-order valence-corrected chi connectivity index (χ2v) is 10.9. The third kappa shape index (κ3) is 4.35. The number of nitrogens with zero attached hydrogens (tertiary/aromatic N) is 3. The standard InChI is InChI=1S/C26H22ClN3O5S2/c1-5-35-17-9-6-14(10-18(17)34-4)21-20(22(31)24-12(2)28-13(3)36-24)23(32)25(33)30(21)26-29-16-8-7-15(27)11-19(16)37-26/h6-11,21,32H,5H2,1-4H3. The second-order valence-electron chi connectivity index (χ2n) is 8.27. The number of thiazole rings is 2. The fraction of sp³-hybridized carbons (Fsp3) is 0.231. The van der Waals surface area contributed by atoms with E-state index in [1.807, 2.05) is 6.92 Å². The van der Waals surface area contributed by atoms with Crippen LogP contribution in [0.3, 0.4) is 0 Å². The summed E-state index contributed by atoms with van der Waals surface area (Å²) in [5.41, 5.74) is 1.70. The summed E-state index contributed by atoms with van der Waals surface area (Å²) < 4.78 is 11.9. The lowest BCUT2D eigenvalue weighted by molar-refractivity contribution is -0.117. The molecule has 1 N–H and O–H groups in total. The predicted octanol–water partition coefficient (Wildman–Crippen LogP) is 6.21. The van der Waals surface area contributed by atoms with E-state index >= 15 is 0 Å². The highest BCUT2D eigenvalue weighted by atomic mass is 35.5. The van der Waals surface area contributed by atoms with Gasteiger partial charge in [-0.3, -0.25) is 14.5 Å². The highest BCUT2D eigenvalue weighted by Crippen LogP contribution is 2.46. The molecule has 4 aromatic rings. The lowest BCUT2D eigenvalue weighted by Gasteiger charge is -2.25. The average Bonchev–Trinajstić information content (AvgIpc) is 3.51.